The highest BCUT2D eigenvalue weighted by Crippen LogP contribution is 2.40. The quantitative estimate of drug-likeness (QED) is 0.229. The first-order valence-electron chi connectivity index (χ1n) is 13.9. The largest absolute Gasteiger partial charge is 0.456 e. The van der Waals surface area contributed by atoms with Crippen LogP contribution in [-0.4, -0.2) is 15.0 Å². The third kappa shape index (κ3) is 4.12. The van der Waals surface area contributed by atoms with Gasteiger partial charge in [-0.2, -0.15) is 0 Å². The molecule has 194 valence electrons. The molecule has 4 heteroatoms. The highest BCUT2D eigenvalue weighted by molar-refractivity contribution is 6.13. The molecule has 0 amide bonds. The zero-order valence-electron chi connectivity index (χ0n) is 22.2. The van der Waals surface area contributed by atoms with Crippen molar-refractivity contribution in [2.45, 2.75) is 12.3 Å². The third-order valence-electron chi connectivity index (χ3n) is 7.82. The summed E-state index contributed by atoms with van der Waals surface area (Å²) in [7, 11) is 0. The summed E-state index contributed by atoms with van der Waals surface area (Å²) in [6.45, 7) is 0. The van der Waals surface area contributed by atoms with Crippen LogP contribution in [0.4, 0.5) is 0 Å². The predicted octanol–water partition coefficient (Wildman–Crippen LogP) is 9.52. The first kappa shape index (κ1) is 23.5. The van der Waals surface area contributed by atoms with E-state index in [4.69, 9.17) is 19.4 Å². The number of furan rings is 1. The number of rotatable bonds is 4. The van der Waals surface area contributed by atoms with Gasteiger partial charge in [0.15, 0.2) is 11.6 Å². The van der Waals surface area contributed by atoms with Crippen LogP contribution in [0.5, 0.6) is 0 Å². The Kier molecular flexibility index (Phi) is 5.56. The van der Waals surface area contributed by atoms with Gasteiger partial charge >= 0.3 is 0 Å². The van der Waals surface area contributed by atoms with Crippen molar-refractivity contribution in [3.63, 3.8) is 0 Å². The van der Waals surface area contributed by atoms with E-state index in [0.717, 1.165) is 67.2 Å². The Labute approximate surface area is 237 Å². The Morgan fingerprint density at radius 2 is 1.34 bits per heavy atom. The Hall–Kier alpha value is -5.35. The lowest BCUT2D eigenvalue weighted by molar-refractivity contribution is 0.669. The smallest absolute Gasteiger partial charge is 0.164 e. The van der Waals surface area contributed by atoms with E-state index in [1.165, 1.54) is 0 Å². The van der Waals surface area contributed by atoms with Gasteiger partial charge in [-0.05, 0) is 46.5 Å². The second-order valence-corrected chi connectivity index (χ2v) is 10.4. The Morgan fingerprint density at radius 3 is 2.20 bits per heavy atom. The fourth-order valence-electron chi connectivity index (χ4n) is 5.82. The van der Waals surface area contributed by atoms with Crippen molar-refractivity contribution in [2.24, 2.45) is 0 Å². The molecule has 1 unspecified atom stereocenters. The molecule has 7 aromatic rings. The van der Waals surface area contributed by atoms with Crippen molar-refractivity contribution in [1.29, 1.82) is 0 Å². The monoisotopic (exact) mass is 527 g/mol. The minimum Gasteiger partial charge on any atom is -0.456 e. The summed E-state index contributed by atoms with van der Waals surface area (Å²) in [5.41, 5.74) is 5.76. The minimum absolute atomic E-state index is 0.0735. The molecule has 1 atom stereocenters. The van der Waals surface area contributed by atoms with Crippen LogP contribution in [0.2, 0.25) is 0 Å². The van der Waals surface area contributed by atoms with Crippen LogP contribution < -0.4 is 0 Å². The predicted molar refractivity (Wildman–Crippen MR) is 167 cm³/mol. The molecule has 2 heterocycles. The number of allylic oxidation sites excluding steroid dienone is 4. The lowest BCUT2D eigenvalue weighted by atomic mass is 9.97. The summed E-state index contributed by atoms with van der Waals surface area (Å²) < 4.78 is 6.40. The minimum atomic E-state index is 0.0735. The fourth-order valence-corrected chi connectivity index (χ4v) is 5.82. The van der Waals surface area contributed by atoms with Crippen molar-refractivity contribution in [2.75, 3.05) is 0 Å². The second kappa shape index (κ2) is 9.68. The first-order valence-corrected chi connectivity index (χ1v) is 13.9. The van der Waals surface area contributed by atoms with E-state index in [1.807, 2.05) is 24.3 Å². The van der Waals surface area contributed by atoms with Gasteiger partial charge in [-0.1, -0.05) is 115 Å². The van der Waals surface area contributed by atoms with Crippen LogP contribution in [-0.2, 0) is 0 Å². The van der Waals surface area contributed by atoms with E-state index < -0.39 is 0 Å². The molecular weight excluding hydrogens is 502 g/mol. The second-order valence-electron chi connectivity index (χ2n) is 10.4. The number of hydrogen-bond donors (Lipinski definition) is 0. The molecule has 0 radical (unpaired) electrons. The lowest BCUT2D eigenvalue weighted by Gasteiger charge is -2.16. The molecule has 8 rings (SSSR count). The van der Waals surface area contributed by atoms with Gasteiger partial charge in [0.2, 0.25) is 0 Å². The zero-order chi connectivity index (χ0) is 27.2. The Morgan fingerprint density at radius 1 is 0.585 bits per heavy atom. The SMILES string of the molecule is C1=CCC(c2nc(-c3cccc4ccccc34)nc(-c3cc(-c4ccccc4)cc4oc5ccccc5c34)n2)C=C1. The highest BCUT2D eigenvalue weighted by atomic mass is 16.3. The number of para-hydroxylation sites is 1. The molecule has 1 aliphatic rings. The zero-order valence-corrected chi connectivity index (χ0v) is 22.2. The summed E-state index contributed by atoms with van der Waals surface area (Å²) >= 11 is 0. The number of aromatic nitrogens is 3. The van der Waals surface area contributed by atoms with Crippen LogP contribution in [0.1, 0.15) is 18.2 Å². The van der Waals surface area contributed by atoms with E-state index in [2.05, 4.69) is 109 Å². The van der Waals surface area contributed by atoms with Crippen LogP contribution in [0.3, 0.4) is 0 Å². The molecule has 0 saturated heterocycles. The number of hydrogen-bond acceptors (Lipinski definition) is 4. The maximum atomic E-state index is 6.40. The number of nitrogens with zero attached hydrogens (tertiary/aromatic N) is 3. The molecule has 0 N–H and O–H groups in total. The molecule has 5 aromatic carbocycles. The molecule has 0 saturated carbocycles. The van der Waals surface area contributed by atoms with Gasteiger partial charge in [-0.15, -0.1) is 0 Å². The highest BCUT2D eigenvalue weighted by Gasteiger charge is 2.22. The van der Waals surface area contributed by atoms with Gasteiger partial charge < -0.3 is 4.42 Å². The summed E-state index contributed by atoms with van der Waals surface area (Å²) in [4.78, 5) is 15.4. The third-order valence-corrected chi connectivity index (χ3v) is 7.82. The van der Waals surface area contributed by atoms with E-state index in [1.54, 1.807) is 0 Å². The van der Waals surface area contributed by atoms with Crippen molar-refractivity contribution in [3.05, 3.63) is 139 Å². The summed E-state index contributed by atoms with van der Waals surface area (Å²) in [5.74, 6) is 2.17. The van der Waals surface area contributed by atoms with Crippen molar-refractivity contribution < 1.29 is 4.42 Å². The van der Waals surface area contributed by atoms with Crippen LogP contribution in [0.25, 0.3) is 66.6 Å². The van der Waals surface area contributed by atoms with E-state index in [9.17, 15) is 0 Å². The van der Waals surface area contributed by atoms with Gasteiger partial charge in [0.05, 0.1) is 0 Å². The molecule has 2 aromatic heterocycles. The van der Waals surface area contributed by atoms with Gasteiger partial charge in [0, 0.05) is 27.8 Å². The molecule has 0 bridgehead atoms. The Balaban J connectivity index is 1.44. The van der Waals surface area contributed by atoms with Crippen molar-refractivity contribution in [1.82, 2.24) is 15.0 Å². The lowest BCUT2D eigenvalue weighted by Crippen LogP contribution is -2.08. The number of fused-ring (bicyclic) bond motifs is 4. The molecule has 41 heavy (non-hydrogen) atoms. The van der Waals surface area contributed by atoms with Crippen molar-refractivity contribution >= 4 is 32.7 Å². The van der Waals surface area contributed by atoms with Crippen LogP contribution in [0, 0.1) is 0 Å². The average Bonchev–Trinajstić information content (AvgIpc) is 3.43. The van der Waals surface area contributed by atoms with Crippen LogP contribution >= 0.6 is 0 Å². The molecule has 1 aliphatic carbocycles. The molecular formula is C37H25N3O. The van der Waals surface area contributed by atoms with E-state index in [-0.39, 0.29) is 5.92 Å². The molecule has 0 aliphatic heterocycles. The first-order chi connectivity index (χ1) is 20.3. The topological polar surface area (TPSA) is 51.8 Å². The molecule has 0 fully saturated rings. The van der Waals surface area contributed by atoms with Gasteiger partial charge in [0.25, 0.3) is 0 Å². The van der Waals surface area contributed by atoms with Crippen molar-refractivity contribution in [3.8, 4) is 33.9 Å². The van der Waals surface area contributed by atoms with Crippen LogP contribution in [0.15, 0.2) is 138 Å². The molecule has 4 nitrogen and oxygen atoms in total. The average molecular weight is 528 g/mol. The van der Waals surface area contributed by atoms with E-state index >= 15 is 0 Å². The van der Waals surface area contributed by atoms with Gasteiger partial charge in [0.1, 0.15) is 17.0 Å². The fraction of sp³-hybridized carbons (Fsp3) is 0.0541. The number of benzene rings is 5. The van der Waals surface area contributed by atoms with Gasteiger partial charge in [-0.3, -0.25) is 0 Å². The normalized spacial score (nSPS) is 14.8. The van der Waals surface area contributed by atoms with Gasteiger partial charge in [-0.25, -0.2) is 15.0 Å². The summed E-state index contributed by atoms with van der Waals surface area (Å²) in [5, 5.41) is 4.34. The summed E-state index contributed by atoms with van der Waals surface area (Å²) in [6, 6.07) is 37.6. The standard InChI is InChI=1S/C37H25N3O/c1-3-12-24(13-4-1)27-22-31(34-30-19-9-10-21-32(30)41-33(34)23-27)37-39-35(26-15-5-2-6-16-26)38-36(40-37)29-20-11-17-25-14-7-8-18-28(25)29/h1-15,17-23,26H,16H2. The van der Waals surface area contributed by atoms with E-state index in [0.29, 0.717) is 11.6 Å². The maximum absolute atomic E-state index is 6.40. The summed E-state index contributed by atoms with van der Waals surface area (Å²) in [6.07, 6.45) is 9.35. The Bertz CT molecular complexity index is 2130. The maximum Gasteiger partial charge on any atom is 0.164 e. The molecule has 0 spiro atoms.